The van der Waals surface area contributed by atoms with Gasteiger partial charge in [-0.05, 0) is 28.3 Å². The first kappa shape index (κ1) is 22.1. The number of carbonyl (C=O) groups is 2. The van der Waals surface area contributed by atoms with Crippen LogP contribution < -0.4 is 10.4 Å². The van der Waals surface area contributed by atoms with Gasteiger partial charge in [0.05, 0.1) is 7.11 Å². The summed E-state index contributed by atoms with van der Waals surface area (Å²) < 4.78 is 11.5. The van der Waals surface area contributed by atoms with Crippen molar-refractivity contribution in [2.75, 3.05) is 7.11 Å². The largest absolute Gasteiger partial charge is 0.469 e. The lowest BCUT2D eigenvalue weighted by Crippen LogP contribution is -2.67. The van der Waals surface area contributed by atoms with E-state index in [2.05, 4.69) is 45.0 Å². The van der Waals surface area contributed by atoms with E-state index < -0.39 is 14.4 Å². The second kappa shape index (κ2) is 9.80. The van der Waals surface area contributed by atoms with Gasteiger partial charge in [-0.2, -0.15) is 0 Å². The third kappa shape index (κ3) is 4.97. The van der Waals surface area contributed by atoms with E-state index in [1.807, 2.05) is 36.4 Å². The minimum Gasteiger partial charge on any atom is -0.469 e. The summed E-state index contributed by atoms with van der Waals surface area (Å²) in [5, 5.41) is 2.07. The topological polar surface area (TPSA) is 52.6 Å². The van der Waals surface area contributed by atoms with E-state index in [1.165, 1.54) is 7.11 Å². The molecule has 0 aliphatic rings. The lowest BCUT2D eigenvalue weighted by atomic mass is 10.2. The maximum atomic E-state index is 11.9. The molecule has 5 heteroatoms. The Morgan fingerprint density at radius 3 is 1.89 bits per heavy atom. The Labute approximate surface area is 169 Å². The summed E-state index contributed by atoms with van der Waals surface area (Å²) in [6, 6.07) is 20.4. The molecule has 0 aromatic heterocycles. The molecule has 2 aromatic rings. The number of carbonyl (C=O) groups excluding carboxylic acids is 2. The van der Waals surface area contributed by atoms with Crippen LogP contribution in [0.3, 0.4) is 0 Å². The number of esters is 1. The molecule has 150 valence electrons. The molecular weight excluding hydrogens is 368 g/mol. The fourth-order valence-electron chi connectivity index (χ4n) is 3.62. The van der Waals surface area contributed by atoms with Crippen LogP contribution in [0.25, 0.3) is 0 Å². The Balaban J connectivity index is 2.45. The molecule has 0 spiro atoms. The SMILES string of the molecule is COC(=O)CCC[C@@H](C=O)O[Si](c1ccccc1)(c1ccccc1)C(C)(C)C. The molecule has 0 heterocycles. The molecule has 28 heavy (non-hydrogen) atoms. The van der Waals surface area contributed by atoms with Crippen molar-refractivity contribution in [1.82, 2.24) is 0 Å². The highest BCUT2D eigenvalue weighted by atomic mass is 28.4. The van der Waals surface area contributed by atoms with Crippen molar-refractivity contribution in [3.63, 3.8) is 0 Å². The minimum absolute atomic E-state index is 0.195. The van der Waals surface area contributed by atoms with Gasteiger partial charge < -0.3 is 14.0 Å². The van der Waals surface area contributed by atoms with Crippen molar-refractivity contribution in [2.45, 2.75) is 51.2 Å². The Morgan fingerprint density at radius 2 is 1.50 bits per heavy atom. The number of benzene rings is 2. The van der Waals surface area contributed by atoms with Crippen LogP contribution in [-0.2, 0) is 18.8 Å². The number of ether oxygens (including phenoxy) is 1. The van der Waals surface area contributed by atoms with Crippen LogP contribution in [0.2, 0.25) is 5.04 Å². The van der Waals surface area contributed by atoms with Crippen molar-refractivity contribution in [3.05, 3.63) is 60.7 Å². The van der Waals surface area contributed by atoms with Gasteiger partial charge in [0.2, 0.25) is 0 Å². The zero-order valence-electron chi connectivity index (χ0n) is 17.2. The molecule has 2 aromatic carbocycles. The first-order chi connectivity index (χ1) is 13.3. The zero-order chi connectivity index (χ0) is 20.6. The highest BCUT2D eigenvalue weighted by molar-refractivity contribution is 6.99. The lowest BCUT2D eigenvalue weighted by molar-refractivity contribution is -0.140. The van der Waals surface area contributed by atoms with E-state index in [0.29, 0.717) is 12.8 Å². The molecule has 2 rings (SSSR count). The van der Waals surface area contributed by atoms with E-state index in [-0.39, 0.29) is 17.4 Å². The van der Waals surface area contributed by atoms with Crippen molar-refractivity contribution >= 4 is 30.9 Å². The highest BCUT2D eigenvalue weighted by Crippen LogP contribution is 2.37. The van der Waals surface area contributed by atoms with Crippen LogP contribution in [0.4, 0.5) is 0 Å². The number of hydrogen-bond donors (Lipinski definition) is 0. The van der Waals surface area contributed by atoms with E-state index in [4.69, 9.17) is 9.16 Å². The van der Waals surface area contributed by atoms with Gasteiger partial charge >= 0.3 is 5.97 Å². The third-order valence-corrected chi connectivity index (χ3v) is 10.1. The Hall–Kier alpha value is -2.24. The van der Waals surface area contributed by atoms with Gasteiger partial charge in [0, 0.05) is 6.42 Å². The second-order valence-corrected chi connectivity index (χ2v) is 12.2. The smallest absolute Gasteiger partial charge is 0.305 e. The molecule has 0 saturated carbocycles. The molecule has 0 N–H and O–H groups in total. The zero-order valence-corrected chi connectivity index (χ0v) is 18.2. The molecule has 0 aliphatic heterocycles. The van der Waals surface area contributed by atoms with Gasteiger partial charge in [0.25, 0.3) is 8.32 Å². The van der Waals surface area contributed by atoms with Crippen LogP contribution in [0.15, 0.2) is 60.7 Å². The average Bonchev–Trinajstić information content (AvgIpc) is 2.70. The van der Waals surface area contributed by atoms with Gasteiger partial charge in [0.15, 0.2) is 0 Å². The van der Waals surface area contributed by atoms with Gasteiger partial charge in [-0.1, -0.05) is 81.4 Å². The number of rotatable bonds is 9. The number of aldehydes is 1. The van der Waals surface area contributed by atoms with E-state index >= 15 is 0 Å². The molecule has 0 bridgehead atoms. The number of hydrogen-bond acceptors (Lipinski definition) is 4. The summed E-state index contributed by atoms with van der Waals surface area (Å²) in [5.74, 6) is -0.268. The van der Waals surface area contributed by atoms with Crippen molar-refractivity contribution < 1.29 is 18.8 Å². The highest BCUT2D eigenvalue weighted by Gasteiger charge is 2.51. The van der Waals surface area contributed by atoms with Crippen molar-refractivity contribution in [3.8, 4) is 0 Å². The normalized spacial score (nSPS) is 13.0. The van der Waals surface area contributed by atoms with Crippen LogP contribution in [0.1, 0.15) is 40.0 Å². The summed E-state index contributed by atoms with van der Waals surface area (Å²) in [5.41, 5.74) is 0. The molecule has 0 fully saturated rings. The predicted octanol–water partition coefficient (Wildman–Crippen LogP) is 3.47. The Kier molecular flexibility index (Phi) is 7.72. The number of methoxy groups -OCH3 is 1. The molecule has 0 saturated heterocycles. The second-order valence-electron chi connectivity index (χ2n) is 7.92. The van der Waals surface area contributed by atoms with Crippen molar-refractivity contribution in [1.29, 1.82) is 0 Å². The molecule has 0 unspecified atom stereocenters. The maximum absolute atomic E-state index is 11.9. The van der Waals surface area contributed by atoms with Crippen LogP contribution >= 0.6 is 0 Å². The third-order valence-electron chi connectivity index (χ3n) is 4.99. The Bertz CT molecular complexity index is 714. The van der Waals surface area contributed by atoms with Gasteiger partial charge in [-0.15, -0.1) is 0 Å². The van der Waals surface area contributed by atoms with Crippen LogP contribution in [0, 0.1) is 0 Å². The maximum Gasteiger partial charge on any atom is 0.305 e. The lowest BCUT2D eigenvalue weighted by Gasteiger charge is -2.44. The molecular formula is C23H30O4Si. The fourth-order valence-corrected chi connectivity index (χ4v) is 8.27. The standard InChI is InChI=1S/C23H30O4Si/c1-23(2,3)28(20-13-7-5-8-14-20,21-15-9-6-10-16-21)27-19(18-24)12-11-17-22(25)26-4/h5-10,13-16,18-19H,11-12,17H2,1-4H3/t19-/m0/s1. The van der Waals surface area contributed by atoms with E-state index in [1.54, 1.807) is 0 Å². The molecule has 0 aliphatic carbocycles. The minimum atomic E-state index is -2.77. The summed E-state index contributed by atoms with van der Waals surface area (Å²) in [7, 11) is -1.39. The monoisotopic (exact) mass is 398 g/mol. The summed E-state index contributed by atoms with van der Waals surface area (Å²) in [6.45, 7) is 6.53. The molecule has 1 atom stereocenters. The van der Waals surface area contributed by atoms with Crippen molar-refractivity contribution in [2.24, 2.45) is 0 Å². The van der Waals surface area contributed by atoms with Gasteiger partial charge in [0.1, 0.15) is 12.4 Å². The van der Waals surface area contributed by atoms with E-state index in [9.17, 15) is 9.59 Å². The molecule has 4 nitrogen and oxygen atoms in total. The Morgan fingerprint density at radius 1 is 1.00 bits per heavy atom. The quantitative estimate of drug-likeness (QED) is 0.369. The fraction of sp³-hybridized carbons (Fsp3) is 0.391. The van der Waals surface area contributed by atoms with Crippen LogP contribution in [0.5, 0.6) is 0 Å². The molecule has 0 amide bonds. The van der Waals surface area contributed by atoms with E-state index in [0.717, 1.165) is 16.7 Å². The average molecular weight is 399 g/mol. The van der Waals surface area contributed by atoms with Crippen LogP contribution in [-0.4, -0.2) is 33.8 Å². The summed E-state index contributed by atoms with van der Waals surface area (Å²) >= 11 is 0. The summed E-state index contributed by atoms with van der Waals surface area (Å²) in [4.78, 5) is 23.3. The predicted molar refractivity (Wildman–Crippen MR) is 114 cm³/mol. The molecule has 0 radical (unpaired) electrons. The van der Waals surface area contributed by atoms with Gasteiger partial charge in [-0.3, -0.25) is 4.79 Å². The first-order valence-electron chi connectivity index (χ1n) is 9.66. The first-order valence-corrected chi connectivity index (χ1v) is 11.6. The summed E-state index contributed by atoms with van der Waals surface area (Å²) in [6.07, 6.45) is 1.62. The van der Waals surface area contributed by atoms with Gasteiger partial charge in [-0.25, -0.2) is 0 Å².